The van der Waals surface area contributed by atoms with Crippen molar-refractivity contribution in [2.45, 2.75) is 98.2 Å². The van der Waals surface area contributed by atoms with E-state index in [9.17, 15) is 0 Å². The summed E-state index contributed by atoms with van der Waals surface area (Å²) in [6.07, 6.45) is 0. The maximum absolute atomic E-state index is 6.77. The van der Waals surface area contributed by atoms with Gasteiger partial charge in [0.05, 0.1) is 0 Å². The highest BCUT2D eigenvalue weighted by Gasteiger charge is 2.64. The molecular formula is C16H48O7Si7. The van der Waals surface area contributed by atoms with Crippen LogP contribution in [-0.4, -0.2) is 66.8 Å². The van der Waals surface area contributed by atoms with Crippen molar-refractivity contribution in [3.8, 4) is 0 Å². The van der Waals surface area contributed by atoms with E-state index in [1.165, 1.54) is 0 Å². The lowest BCUT2D eigenvalue weighted by Crippen LogP contribution is -2.70. The van der Waals surface area contributed by atoms with Crippen LogP contribution in [0.15, 0.2) is 0 Å². The molecule has 0 heterocycles. The Morgan fingerprint density at radius 2 is 0.500 bits per heavy atom. The first-order valence-electron chi connectivity index (χ1n) is 10.6. The molecular weight excluding hydrogens is 501 g/mol. The van der Waals surface area contributed by atoms with Crippen molar-refractivity contribution in [1.82, 2.24) is 0 Å². The van der Waals surface area contributed by atoms with Crippen LogP contribution in [0.5, 0.6) is 0 Å². The van der Waals surface area contributed by atoms with Crippen LogP contribution in [0.25, 0.3) is 0 Å². The maximum Gasteiger partial charge on any atom is 0.652 e. The van der Waals surface area contributed by atoms with E-state index >= 15 is 0 Å². The molecule has 0 aliphatic rings. The van der Waals surface area contributed by atoms with Crippen LogP contribution in [0.1, 0.15) is 0 Å². The van der Waals surface area contributed by atoms with Gasteiger partial charge in [0.15, 0.2) is 41.6 Å². The first-order valence-corrected chi connectivity index (χ1v) is 30.9. The molecule has 182 valence electrons. The molecule has 0 aromatic heterocycles. The minimum atomic E-state index is -3.64. The first-order chi connectivity index (χ1) is 12.8. The summed E-state index contributed by atoms with van der Waals surface area (Å²) in [6.45, 7) is 31.7. The van der Waals surface area contributed by atoms with E-state index in [-0.39, 0.29) is 0 Å². The number of hydrogen-bond donors (Lipinski definition) is 0. The lowest BCUT2D eigenvalue weighted by Gasteiger charge is -2.45. The molecule has 0 amide bonds. The highest BCUT2D eigenvalue weighted by atomic mass is 28.6. The van der Waals surface area contributed by atoms with Crippen LogP contribution in [0.2, 0.25) is 98.2 Å². The predicted molar refractivity (Wildman–Crippen MR) is 142 cm³/mol. The average Bonchev–Trinajstić information content (AvgIpc) is 2.25. The lowest BCUT2D eigenvalue weighted by molar-refractivity contribution is 0.0473. The van der Waals surface area contributed by atoms with Gasteiger partial charge >= 0.3 is 18.1 Å². The highest BCUT2D eigenvalue weighted by Crippen LogP contribution is 2.33. The second-order valence-electron chi connectivity index (χ2n) is 12.4. The lowest BCUT2D eigenvalue weighted by atomic mass is 11.8. The molecule has 0 aliphatic carbocycles. The summed E-state index contributed by atoms with van der Waals surface area (Å²) < 4.78 is 45.8. The summed E-state index contributed by atoms with van der Waals surface area (Å²) in [5, 5.41) is 0. The molecule has 0 aromatic rings. The molecule has 0 bridgehead atoms. The van der Waals surface area contributed by atoms with E-state index in [4.69, 9.17) is 29.1 Å². The van der Waals surface area contributed by atoms with Crippen molar-refractivity contribution < 1.29 is 29.1 Å². The zero-order chi connectivity index (χ0) is 24.4. The highest BCUT2D eigenvalue weighted by molar-refractivity contribution is 6.92. The van der Waals surface area contributed by atoms with Gasteiger partial charge in [-0.2, -0.15) is 0 Å². The number of rotatable bonds is 13. The summed E-state index contributed by atoms with van der Waals surface area (Å²) in [7, 11) is -16.2. The molecule has 0 fully saturated rings. The van der Waals surface area contributed by atoms with Crippen molar-refractivity contribution in [2.24, 2.45) is 0 Å². The topological polar surface area (TPSA) is 64.6 Å². The standard InChI is InChI=1S/C16H48O7Si7/c1-17-29(18-24(2,3)4,19-25(5,6)7)23-30(20-26(8,9)10,21-27(11,12)13)22-28(14,15)16/h1-16H3. The molecule has 14 heteroatoms. The second kappa shape index (κ2) is 10.2. The predicted octanol–water partition coefficient (Wildman–Crippen LogP) is 5.78. The minimum Gasteiger partial charge on any atom is -0.396 e. The third-order valence-electron chi connectivity index (χ3n) is 2.66. The quantitative estimate of drug-likeness (QED) is 0.270. The van der Waals surface area contributed by atoms with E-state index in [0.29, 0.717) is 0 Å². The van der Waals surface area contributed by atoms with E-state index in [0.717, 1.165) is 0 Å². The second-order valence-corrected chi connectivity index (χ2v) is 40.8. The summed E-state index contributed by atoms with van der Waals surface area (Å²) in [5.74, 6) is 0. The third-order valence-corrected chi connectivity index (χ3v) is 22.4. The Morgan fingerprint density at radius 1 is 0.300 bits per heavy atom. The Bertz CT molecular complexity index is 486. The summed E-state index contributed by atoms with van der Waals surface area (Å²) in [4.78, 5) is 0. The van der Waals surface area contributed by atoms with Crippen LogP contribution in [0.4, 0.5) is 0 Å². The van der Waals surface area contributed by atoms with Gasteiger partial charge in [-0.25, -0.2) is 0 Å². The fraction of sp³-hybridized carbons (Fsp3) is 1.00. The monoisotopic (exact) mass is 548 g/mol. The van der Waals surface area contributed by atoms with Crippen molar-refractivity contribution in [1.29, 1.82) is 0 Å². The fourth-order valence-electron chi connectivity index (χ4n) is 2.34. The Morgan fingerprint density at radius 3 is 0.667 bits per heavy atom. The molecule has 0 rings (SSSR count). The maximum atomic E-state index is 6.77. The van der Waals surface area contributed by atoms with E-state index in [2.05, 4.69) is 98.2 Å². The first kappa shape index (κ1) is 31.2. The molecule has 0 atom stereocenters. The van der Waals surface area contributed by atoms with Gasteiger partial charge in [-0.3, -0.25) is 0 Å². The average molecular weight is 549 g/mol. The molecule has 30 heavy (non-hydrogen) atoms. The number of hydrogen-bond acceptors (Lipinski definition) is 7. The zero-order valence-electron chi connectivity index (χ0n) is 22.4. The van der Waals surface area contributed by atoms with Crippen molar-refractivity contribution >= 4 is 59.7 Å². The molecule has 0 spiro atoms. The SMILES string of the molecule is CO[Si](O[Si](C)(C)C)(O[Si](C)(C)C)O[Si](O[Si](C)(C)C)(O[Si](C)(C)C)O[Si](C)(C)C. The Kier molecular flexibility index (Phi) is 10.7. The Labute approximate surface area is 193 Å². The molecule has 0 saturated carbocycles. The van der Waals surface area contributed by atoms with Crippen LogP contribution >= 0.6 is 0 Å². The molecule has 7 nitrogen and oxygen atoms in total. The molecule has 0 N–H and O–H groups in total. The summed E-state index contributed by atoms with van der Waals surface area (Å²) in [5.41, 5.74) is 0. The third kappa shape index (κ3) is 14.4. The summed E-state index contributed by atoms with van der Waals surface area (Å²) in [6, 6.07) is 0. The van der Waals surface area contributed by atoms with Crippen LogP contribution in [0, 0.1) is 0 Å². The van der Waals surface area contributed by atoms with Crippen LogP contribution in [0.3, 0.4) is 0 Å². The summed E-state index contributed by atoms with van der Waals surface area (Å²) >= 11 is 0. The molecule has 0 saturated heterocycles. The van der Waals surface area contributed by atoms with Gasteiger partial charge in [-0.05, 0) is 98.2 Å². The normalized spacial score (nSPS) is 15.6. The smallest absolute Gasteiger partial charge is 0.396 e. The van der Waals surface area contributed by atoms with Gasteiger partial charge in [0, 0.05) is 7.11 Å². The van der Waals surface area contributed by atoms with Crippen molar-refractivity contribution in [3.63, 3.8) is 0 Å². The van der Waals surface area contributed by atoms with E-state index < -0.39 is 59.7 Å². The molecule has 0 aliphatic heterocycles. The Hall–Kier alpha value is 1.24. The molecule has 0 radical (unpaired) electrons. The van der Waals surface area contributed by atoms with E-state index in [1.54, 1.807) is 7.11 Å². The van der Waals surface area contributed by atoms with Crippen LogP contribution in [-0.2, 0) is 29.1 Å². The van der Waals surface area contributed by atoms with Crippen molar-refractivity contribution in [2.75, 3.05) is 7.11 Å². The van der Waals surface area contributed by atoms with Crippen molar-refractivity contribution in [3.05, 3.63) is 0 Å². The van der Waals surface area contributed by atoms with Gasteiger partial charge in [0.25, 0.3) is 0 Å². The van der Waals surface area contributed by atoms with E-state index in [1.807, 2.05) is 0 Å². The van der Waals surface area contributed by atoms with Gasteiger partial charge < -0.3 is 29.1 Å². The zero-order valence-corrected chi connectivity index (χ0v) is 29.4. The minimum absolute atomic E-state index is 1.60. The Balaban J connectivity index is 6.66. The van der Waals surface area contributed by atoms with Crippen LogP contribution < -0.4 is 0 Å². The molecule has 0 aromatic carbocycles. The van der Waals surface area contributed by atoms with Gasteiger partial charge in [-0.15, -0.1) is 0 Å². The van der Waals surface area contributed by atoms with Gasteiger partial charge in [0.2, 0.25) is 0 Å². The molecule has 0 unspecified atom stereocenters. The fourth-order valence-corrected chi connectivity index (χ4v) is 24.4. The van der Waals surface area contributed by atoms with Gasteiger partial charge in [-0.1, -0.05) is 0 Å². The van der Waals surface area contributed by atoms with Gasteiger partial charge in [0.1, 0.15) is 0 Å². The largest absolute Gasteiger partial charge is 0.652 e.